The molecule has 134 valence electrons. The number of rotatable bonds is 8. The Labute approximate surface area is 155 Å². The second-order valence-corrected chi connectivity index (χ2v) is 6.99. The highest BCUT2D eigenvalue weighted by molar-refractivity contribution is 7.99. The third kappa shape index (κ3) is 4.67. The first-order chi connectivity index (χ1) is 12.6. The number of hydrogen-bond acceptors (Lipinski definition) is 3. The highest BCUT2D eigenvalue weighted by Gasteiger charge is 2.21. The minimum Gasteiger partial charge on any atom is -0.480 e. The van der Waals surface area contributed by atoms with Crippen LogP contribution in [0, 0.1) is 0 Å². The summed E-state index contributed by atoms with van der Waals surface area (Å²) in [6.45, 7) is 0. The number of hydrogen-bond donors (Lipinski definition) is 3. The van der Waals surface area contributed by atoms with Gasteiger partial charge in [0.25, 0.3) is 0 Å². The molecule has 0 spiro atoms. The molecule has 1 aromatic heterocycles. The molecule has 0 bridgehead atoms. The Morgan fingerprint density at radius 3 is 2.58 bits per heavy atom. The molecule has 1 amide bonds. The van der Waals surface area contributed by atoms with Crippen LogP contribution in [0.1, 0.15) is 11.1 Å². The van der Waals surface area contributed by atoms with E-state index in [4.69, 9.17) is 0 Å². The van der Waals surface area contributed by atoms with Gasteiger partial charge >= 0.3 is 5.97 Å². The summed E-state index contributed by atoms with van der Waals surface area (Å²) in [5.74, 6) is -0.351. The van der Waals surface area contributed by atoms with Gasteiger partial charge in [-0.25, -0.2) is 4.79 Å². The third-order valence-electron chi connectivity index (χ3n) is 4.08. The molecular formula is C20H20N2O3S. The van der Waals surface area contributed by atoms with Gasteiger partial charge < -0.3 is 15.4 Å². The standard InChI is InChI=1S/C20H20N2O3S/c23-19(13-26-12-14-6-2-1-3-7-14)22-18(20(24)25)10-15-11-21-17-9-5-4-8-16(15)17/h1-9,11,18,21H,10,12-13H2,(H,22,23)(H,24,25)/t18-/m0/s1. The average molecular weight is 368 g/mol. The number of thioether (sulfide) groups is 1. The predicted octanol–water partition coefficient (Wildman–Crippen LogP) is 3.21. The maximum Gasteiger partial charge on any atom is 0.326 e. The molecule has 0 saturated carbocycles. The van der Waals surface area contributed by atoms with Crippen LogP contribution in [0.15, 0.2) is 60.8 Å². The number of carbonyl (C=O) groups excluding carboxylic acids is 1. The van der Waals surface area contributed by atoms with Crippen molar-refractivity contribution in [3.63, 3.8) is 0 Å². The van der Waals surface area contributed by atoms with Gasteiger partial charge in [-0.3, -0.25) is 4.79 Å². The highest BCUT2D eigenvalue weighted by atomic mass is 32.2. The zero-order valence-corrected chi connectivity index (χ0v) is 15.0. The monoisotopic (exact) mass is 368 g/mol. The summed E-state index contributed by atoms with van der Waals surface area (Å²) in [5.41, 5.74) is 2.97. The van der Waals surface area contributed by atoms with E-state index in [-0.39, 0.29) is 18.1 Å². The van der Waals surface area contributed by atoms with Crippen molar-refractivity contribution in [2.24, 2.45) is 0 Å². The molecule has 1 atom stereocenters. The SMILES string of the molecule is O=C(CSCc1ccccc1)N[C@@H](Cc1c[nH]c2ccccc12)C(=O)O. The number of carbonyl (C=O) groups is 2. The van der Waals surface area contributed by atoms with Crippen molar-refractivity contribution < 1.29 is 14.7 Å². The molecule has 3 rings (SSSR count). The molecule has 0 aliphatic heterocycles. The fourth-order valence-electron chi connectivity index (χ4n) is 2.79. The van der Waals surface area contributed by atoms with E-state index in [0.717, 1.165) is 22.0 Å². The Kier molecular flexibility index (Phi) is 5.96. The maximum absolute atomic E-state index is 12.1. The summed E-state index contributed by atoms with van der Waals surface area (Å²) in [7, 11) is 0. The van der Waals surface area contributed by atoms with Crippen molar-refractivity contribution >= 4 is 34.5 Å². The number of benzene rings is 2. The molecule has 0 unspecified atom stereocenters. The van der Waals surface area contributed by atoms with Crippen LogP contribution in [0.4, 0.5) is 0 Å². The van der Waals surface area contributed by atoms with Gasteiger partial charge in [0, 0.05) is 29.3 Å². The van der Waals surface area contributed by atoms with E-state index >= 15 is 0 Å². The van der Waals surface area contributed by atoms with Gasteiger partial charge in [-0.15, -0.1) is 11.8 Å². The molecular weight excluding hydrogens is 348 g/mol. The lowest BCUT2D eigenvalue weighted by atomic mass is 10.1. The van der Waals surface area contributed by atoms with Gasteiger partial charge in [-0.1, -0.05) is 48.5 Å². The number of fused-ring (bicyclic) bond motifs is 1. The van der Waals surface area contributed by atoms with E-state index in [9.17, 15) is 14.7 Å². The number of para-hydroxylation sites is 1. The van der Waals surface area contributed by atoms with Gasteiger partial charge in [0.1, 0.15) is 6.04 Å². The lowest BCUT2D eigenvalue weighted by molar-refractivity contribution is -0.141. The minimum absolute atomic E-state index is 0.229. The Hall–Kier alpha value is -2.73. The van der Waals surface area contributed by atoms with Gasteiger partial charge in [-0.05, 0) is 17.2 Å². The van der Waals surface area contributed by atoms with E-state index in [0.29, 0.717) is 5.75 Å². The number of nitrogens with one attached hydrogen (secondary N) is 2. The maximum atomic E-state index is 12.1. The first-order valence-electron chi connectivity index (χ1n) is 8.32. The largest absolute Gasteiger partial charge is 0.480 e. The molecule has 0 saturated heterocycles. The zero-order valence-electron chi connectivity index (χ0n) is 14.1. The minimum atomic E-state index is -1.03. The van der Waals surface area contributed by atoms with Crippen molar-refractivity contribution in [2.75, 3.05) is 5.75 Å². The van der Waals surface area contributed by atoms with Crippen LogP contribution in [0.3, 0.4) is 0 Å². The lowest BCUT2D eigenvalue weighted by Gasteiger charge is -2.14. The first-order valence-corrected chi connectivity index (χ1v) is 9.48. The van der Waals surface area contributed by atoms with E-state index in [1.807, 2.05) is 54.6 Å². The van der Waals surface area contributed by atoms with Crippen LogP contribution < -0.4 is 5.32 Å². The molecule has 0 aliphatic carbocycles. The Bertz CT molecular complexity index is 892. The quantitative estimate of drug-likeness (QED) is 0.570. The predicted molar refractivity (Wildman–Crippen MR) is 104 cm³/mol. The van der Waals surface area contributed by atoms with Crippen LogP contribution in [-0.4, -0.2) is 33.8 Å². The second-order valence-electron chi connectivity index (χ2n) is 6.00. The molecule has 1 heterocycles. The molecule has 0 radical (unpaired) electrons. The van der Waals surface area contributed by atoms with Crippen LogP contribution in [0.2, 0.25) is 0 Å². The molecule has 6 heteroatoms. The fraction of sp³-hybridized carbons (Fsp3) is 0.200. The summed E-state index contributed by atoms with van der Waals surface area (Å²) in [5, 5.41) is 13.1. The summed E-state index contributed by atoms with van der Waals surface area (Å²) in [6, 6.07) is 16.6. The van der Waals surface area contributed by atoms with Gasteiger partial charge in [0.05, 0.1) is 5.75 Å². The molecule has 5 nitrogen and oxygen atoms in total. The molecule has 3 N–H and O–H groups in total. The molecule has 0 aliphatic rings. The Morgan fingerprint density at radius 1 is 1.08 bits per heavy atom. The number of carboxylic acid groups (broad SMARTS) is 1. The van der Waals surface area contributed by atoms with Crippen LogP contribution >= 0.6 is 11.8 Å². The number of aromatic amines is 1. The molecule has 2 aromatic carbocycles. The summed E-state index contributed by atoms with van der Waals surface area (Å²) in [4.78, 5) is 26.8. The van der Waals surface area contributed by atoms with Gasteiger partial charge in [-0.2, -0.15) is 0 Å². The molecule has 26 heavy (non-hydrogen) atoms. The van der Waals surface area contributed by atoms with Crippen molar-refractivity contribution in [2.45, 2.75) is 18.2 Å². The van der Waals surface area contributed by atoms with Gasteiger partial charge in [0.15, 0.2) is 0 Å². The van der Waals surface area contributed by atoms with Crippen molar-refractivity contribution in [1.82, 2.24) is 10.3 Å². The highest BCUT2D eigenvalue weighted by Crippen LogP contribution is 2.19. The van der Waals surface area contributed by atoms with E-state index in [2.05, 4.69) is 10.3 Å². The summed E-state index contributed by atoms with van der Waals surface area (Å²) >= 11 is 1.47. The number of H-pyrrole nitrogens is 1. The molecule has 3 aromatic rings. The van der Waals surface area contributed by atoms with Crippen molar-refractivity contribution in [3.8, 4) is 0 Å². The smallest absolute Gasteiger partial charge is 0.326 e. The van der Waals surface area contributed by atoms with Crippen molar-refractivity contribution in [1.29, 1.82) is 0 Å². The number of carboxylic acids is 1. The molecule has 0 fully saturated rings. The average Bonchev–Trinajstić information content (AvgIpc) is 3.05. The first kappa shape index (κ1) is 18.1. The van der Waals surface area contributed by atoms with E-state index in [1.54, 1.807) is 6.20 Å². The number of aromatic nitrogens is 1. The number of aliphatic carboxylic acids is 1. The number of amides is 1. The van der Waals surface area contributed by atoms with Gasteiger partial charge in [0.2, 0.25) is 5.91 Å². The topological polar surface area (TPSA) is 82.2 Å². The Morgan fingerprint density at radius 2 is 1.81 bits per heavy atom. The van der Waals surface area contributed by atoms with Crippen LogP contribution in [0.25, 0.3) is 10.9 Å². The zero-order chi connectivity index (χ0) is 18.4. The normalized spacial score (nSPS) is 12.0. The lowest BCUT2D eigenvalue weighted by Crippen LogP contribution is -2.43. The van der Waals surface area contributed by atoms with Crippen molar-refractivity contribution in [3.05, 3.63) is 71.9 Å². The summed E-state index contributed by atoms with van der Waals surface area (Å²) < 4.78 is 0. The Balaban J connectivity index is 1.56. The third-order valence-corrected chi connectivity index (χ3v) is 5.08. The van der Waals surface area contributed by atoms with E-state index in [1.165, 1.54) is 11.8 Å². The van der Waals surface area contributed by atoms with E-state index < -0.39 is 12.0 Å². The summed E-state index contributed by atoms with van der Waals surface area (Å²) in [6.07, 6.45) is 2.05. The van der Waals surface area contributed by atoms with Crippen LogP contribution in [-0.2, 0) is 21.8 Å². The fourth-order valence-corrected chi connectivity index (χ4v) is 3.59. The van der Waals surface area contributed by atoms with Crippen LogP contribution in [0.5, 0.6) is 0 Å². The second kappa shape index (κ2) is 8.58.